The first-order valence-corrected chi connectivity index (χ1v) is 6.73. The Morgan fingerprint density at radius 3 is 2.68 bits per heavy atom. The van der Waals surface area contributed by atoms with Crippen molar-refractivity contribution in [3.63, 3.8) is 0 Å². The Kier molecular flexibility index (Phi) is 4.11. The van der Waals surface area contributed by atoms with Crippen LogP contribution in [0.2, 0.25) is 0 Å². The zero-order valence-corrected chi connectivity index (χ0v) is 11.9. The molecule has 1 aromatic heterocycles. The maximum Gasteiger partial charge on any atom is 0.132 e. The summed E-state index contributed by atoms with van der Waals surface area (Å²) < 4.78 is 22.9. The highest BCUT2D eigenvalue weighted by molar-refractivity contribution is 7.05. The monoisotopic (exact) mass is 281 g/mol. The first-order valence-electron chi connectivity index (χ1n) is 5.95. The SMILES string of the molecule is COc1ccc(C(N)c2snnc2C(C)C)c(F)c1. The second kappa shape index (κ2) is 5.63. The fourth-order valence-electron chi connectivity index (χ4n) is 1.85. The molecule has 19 heavy (non-hydrogen) atoms. The topological polar surface area (TPSA) is 61.0 Å². The van der Waals surface area contributed by atoms with Crippen molar-refractivity contribution in [1.29, 1.82) is 0 Å². The molecule has 0 bridgehead atoms. The molecule has 0 aliphatic rings. The maximum atomic E-state index is 14.0. The van der Waals surface area contributed by atoms with Crippen LogP contribution in [0.1, 0.15) is 41.9 Å². The van der Waals surface area contributed by atoms with E-state index in [1.54, 1.807) is 12.1 Å². The summed E-state index contributed by atoms with van der Waals surface area (Å²) in [6.07, 6.45) is 0. The van der Waals surface area contributed by atoms with E-state index in [9.17, 15) is 4.39 Å². The summed E-state index contributed by atoms with van der Waals surface area (Å²) in [5.41, 5.74) is 7.39. The summed E-state index contributed by atoms with van der Waals surface area (Å²) in [4.78, 5) is 0.805. The highest BCUT2D eigenvalue weighted by Crippen LogP contribution is 2.31. The lowest BCUT2D eigenvalue weighted by Crippen LogP contribution is -2.14. The minimum Gasteiger partial charge on any atom is -0.497 e. The maximum absolute atomic E-state index is 14.0. The van der Waals surface area contributed by atoms with Crippen molar-refractivity contribution in [3.8, 4) is 5.75 Å². The molecule has 0 saturated heterocycles. The zero-order chi connectivity index (χ0) is 14.0. The summed E-state index contributed by atoms with van der Waals surface area (Å²) in [7, 11) is 1.50. The summed E-state index contributed by atoms with van der Waals surface area (Å²) in [6, 6.07) is 4.12. The Labute approximate surface area is 115 Å². The van der Waals surface area contributed by atoms with Crippen LogP contribution in [0.5, 0.6) is 5.75 Å². The van der Waals surface area contributed by atoms with Crippen LogP contribution in [-0.4, -0.2) is 16.7 Å². The molecule has 0 aliphatic carbocycles. The molecule has 0 amide bonds. The van der Waals surface area contributed by atoms with Gasteiger partial charge >= 0.3 is 0 Å². The van der Waals surface area contributed by atoms with Crippen LogP contribution in [0, 0.1) is 5.82 Å². The van der Waals surface area contributed by atoms with Gasteiger partial charge in [-0.05, 0) is 23.5 Å². The Balaban J connectivity index is 2.38. The first kappa shape index (κ1) is 13.9. The third kappa shape index (κ3) is 2.74. The molecule has 2 rings (SSSR count). The van der Waals surface area contributed by atoms with Crippen molar-refractivity contribution < 1.29 is 9.13 Å². The highest BCUT2D eigenvalue weighted by atomic mass is 32.1. The third-order valence-corrected chi connectivity index (χ3v) is 3.74. The molecule has 0 saturated carbocycles. The molecule has 0 aliphatic heterocycles. The van der Waals surface area contributed by atoms with E-state index in [4.69, 9.17) is 10.5 Å². The fourth-order valence-corrected chi connectivity index (χ4v) is 2.68. The molecular formula is C13H16FN3OS. The molecule has 0 spiro atoms. The number of rotatable bonds is 4. The van der Waals surface area contributed by atoms with Crippen LogP contribution in [-0.2, 0) is 0 Å². The van der Waals surface area contributed by atoms with Crippen LogP contribution in [0.3, 0.4) is 0 Å². The summed E-state index contributed by atoms with van der Waals surface area (Å²) in [6.45, 7) is 4.02. The van der Waals surface area contributed by atoms with Gasteiger partial charge < -0.3 is 10.5 Å². The van der Waals surface area contributed by atoms with E-state index in [1.165, 1.54) is 24.7 Å². The molecule has 0 fully saturated rings. The van der Waals surface area contributed by atoms with Crippen LogP contribution in [0.15, 0.2) is 18.2 Å². The van der Waals surface area contributed by atoms with Crippen molar-refractivity contribution in [2.75, 3.05) is 7.11 Å². The smallest absolute Gasteiger partial charge is 0.132 e. The van der Waals surface area contributed by atoms with E-state index >= 15 is 0 Å². The van der Waals surface area contributed by atoms with Gasteiger partial charge in [0.05, 0.1) is 23.7 Å². The standard InChI is InChI=1S/C13H16FN3OS/c1-7(2)12-13(19-17-16-12)11(15)9-5-4-8(18-3)6-10(9)14/h4-7,11H,15H2,1-3H3. The quantitative estimate of drug-likeness (QED) is 0.936. The van der Waals surface area contributed by atoms with Gasteiger partial charge in [0.1, 0.15) is 11.6 Å². The fraction of sp³-hybridized carbons (Fsp3) is 0.385. The summed E-state index contributed by atoms with van der Waals surface area (Å²) in [5.74, 6) is 0.302. The second-order valence-electron chi connectivity index (χ2n) is 4.54. The Bertz CT molecular complexity index is 571. The summed E-state index contributed by atoms with van der Waals surface area (Å²) in [5, 5.41) is 4.07. The van der Waals surface area contributed by atoms with Crippen LogP contribution >= 0.6 is 11.5 Å². The molecule has 2 aromatic rings. The van der Waals surface area contributed by atoms with Crippen molar-refractivity contribution in [2.24, 2.45) is 5.73 Å². The molecule has 4 nitrogen and oxygen atoms in total. The van der Waals surface area contributed by atoms with Gasteiger partial charge in [0, 0.05) is 11.6 Å². The molecular weight excluding hydrogens is 265 g/mol. The van der Waals surface area contributed by atoms with Crippen LogP contribution in [0.25, 0.3) is 0 Å². The molecule has 1 aromatic carbocycles. The Morgan fingerprint density at radius 1 is 1.37 bits per heavy atom. The molecule has 102 valence electrons. The van der Waals surface area contributed by atoms with E-state index in [0.717, 1.165) is 10.6 Å². The lowest BCUT2D eigenvalue weighted by atomic mass is 10.0. The van der Waals surface area contributed by atoms with Crippen molar-refractivity contribution in [3.05, 3.63) is 40.2 Å². The lowest BCUT2D eigenvalue weighted by molar-refractivity contribution is 0.410. The van der Waals surface area contributed by atoms with Gasteiger partial charge in [0.15, 0.2) is 0 Å². The van der Waals surface area contributed by atoms with Crippen molar-refractivity contribution >= 4 is 11.5 Å². The van der Waals surface area contributed by atoms with E-state index < -0.39 is 6.04 Å². The molecule has 1 heterocycles. The number of methoxy groups -OCH3 is 1. The predicted molar refractivity (Wildman–Crippen MR) is 73.0 cm³/mol. The number of hydrogen-bond acceptors (Lipinski definition) is 5. The number of benzene rings is 1. The highest BCUT2D eigenvalue weighted by Gasteiger charge is 2.22. The van der Waals surface area contributed by atoms with Crippen molar-refractivity contribution in [2.45, 2.75) is 25.8 Å². The van der Waals surface area contributed by atoms with E-state index in [2.05, 4.69) is 9.59 Å². The van der Waals surface area contributed by atoms with Crippen LogP contribution < -0.4 is 10.5 Å². The van der Waals surface area contributed by atoms with E-state index in [1.807, 2.05) is 13.8 Å². The number of ether oxygens (including phenoxy) is 1. The minimum atomic E-state index is -0.552. The molecule has 1 atom stereocenters. The Hall–Kier alpha value is -1.53. The summed E-state index contributed by atoms with van der Waals surface area (Å²) >= 11 is 1.22. The molecule has 6 heteroatoms. The number of halogens is 1. The average Bonchev–Trinajstić information content (AvgIpc) is 2.87. The largest absolute Gasteiger partial charge is 0.497 e. The third-order valence-electron chi connectivity index (χ3n) is 2.91. The van der Waals surface area contributed by atoms with Gasteiger partial charge in [-0.25, -0.2) is 4.39 Å². The Morgan fingerprint density at radius 2 is 2.11 bits per heavy atom. The van der Waals surface area contributed by atoms with Gasteiger partial charge in [0.2, 0.25) is 0 Å². The first-order chi connectivity index (χ1) is 9.04. The molecule has 2 N–H and O–H groups in total. The normalized spacial score (nSPS) is 12.7. The van der Waals surface area contributed by atoms with Crippen molar-refractivity contribution in [1.82, 2.24) is 9.59 Å². The van der Waals surface area contributed by atoms with Gasteiger partial charge in [0.25, 0.3) is 0 Å². The van der Waals surface area contributed by atoms with Gasteiger partial charge in [-0.2, -0.15) is 0 Å². The molecule has 0 radical (unpaired) electrons. The van der Waals surface area contributed by atoms with Gasteiger partial charge in [-0.15, -0.1) is 5.10 Å². The van der Waals surface area contributed by atoms with E-state index in [-0.39, 0.29) is 11.7 Å². The predicted octanol–water partition coefficient (Wildman–Crippen LogP) is 2.86. The number of hydrogen-bond donors (Lipinski definition) is 1. The number of nitrogens with two attached hydrogens (primary N) is 1. The van der Waals surface area contributed by atoms with Gasteiger partial charge in [-0.3, -0.25) is 0 Å². The number of aromatic nitrogens is 2. The number of nitrogens with zero attached hydrogens (tertiary/aromatic N) is 2. The zero-order valence-electron chi connectivity index (χ0n) is 11.1. The second-order valence-corrected chi connectivity index (χ2v) is 5.33. The molecule has 1 unspecified atom stereocenters. The van der Waals surface area contributed by atoms with Gasteiger partial charge in [-0.1, -0.05) is 24.4 Å². The average molecular weight is 281 g/mol. The minimum absolute atomic E-state index is 0.209. The lowest BCUT2D eigenvalue weighted by Gasteiger charge is -2.14. The van der Waals surface area contributed by atoms with Crippen LogP contribution in [0.4, 0.5) is 4.39 Å². The van der Waals surface area contributed by atoms with E-state index in [0.29, 0.717) is 11.3 Å².